The molecule has 26 heavy (non-hydrogen) atoms. The van der Waals surface area contributed by atoms with Gasteiger partial charge in [-0.05, 0) is 42.3 Å². The average Bonchev–Trinajstić information content (AvgIpc) is 3.04. The molecule has 2 aromatic carbocycles. The van der Waals surface area contributed by atoms with Gasteiger partial charge in [0.25, 0.3) is 0 Å². The summed E-state index contributed by atoms with van der Waals surface area (Å²) in [6.45, 7) is 2.12. The molecule has 1 aromatic heterocycles. The summed E-state index contributed by atoms with van der Waals surface area (Å²) in [7, 11) is 0. The Labute approximate surface area is 151 Å². The molecule has 1 amide bonds. The van der Waals surface area contributed by atoms with E-state index in [4.69, 9.17) is 4.74 Å². The molecule has 3 aromatic rings. The van der Waals surface area contributed by atoms with Crippen LogP contribution in [0.5, 0.6) is 0 Å². The molecule has 0 saturated carbocycles. The van der Waals surface area contributed by atoms with Gasteiger partial charge in [0.1, 0.15) is 0 Å². The highest BCUT2D eigenvalue weighted by Crippen LogP contribution is 2.19. The summed E-state index contributed by atoms with van der Waals surface area (Å²) in [5, 5.41) is 3.95. The third kappa shape index (κ3) is 4.39. The lowest BCUT2D eigenvalue weighted by Gasteiger charge is -2.05. The van der Waals surface area contributed by atoms with Crippen molar-refractivity contribution in [2.75, 3.05) is 11.9 Å². The van der Waals surface area contributed by atoms with Crippen molar-refractivity contribution in [1.29, 1.82) is 0 Å². The van der Waals surface area contributed by atoms with Crippen molar-refractivity contribution in [1.82, 2.24) is 4.98 Å². The first-order valence-electron chi connectivity index (χ1n) is 8.45. The minimum atomic E-state index is -0.372. The van der Waals surface area contributed by atoms with E-state index in [0.717, 1.165) is 22.0 Å². The summed E-state index contributed by atoms with van der Waals surface area (Å²) in [6.07, 6.45) is 5.23. The molecule has 2 N–H and O–H groups in total. The molecule has 0 radical (unpaired) electrons. The van der Waals surface area contributed by atoms with Gasteiger partial charge in [-0.15, -0.1) is 0 Å². The fourth-order valence-corrected chi connectivity index (χ4v) is 2.69. The van der Waals surface area contributed by atoms with Crippen molar-refractivity contribution in [3.63, 3.8) is 0 Å². The van der Waals surface area contributed by atoms with Gasteiger partial charge in [0.2, 0.25) is 5.91 Å². The second kappa shape index (κ2) is 8.16. The predicted molar refractivity (Wildman–Crippen MR) is 103 cm³/mol. The van der Waals surface area contributed by atoms with Crippen LogP contribution in [0.3, 0.4) is 0 Å². The Morgan fingerprint density at radius 3 is 2.65 bits per heavy atom. The number of para-hydroxylation sites is 1. The number of benzene rings is 2. The molecule has 0 aliphatic heterocycles. The molecule has 0 fully saturated rings. The number of nitrogens with one attached hydrogen (secondary N) is 2. The number of hydrogen-bond acceptors (Lipinski definition) is 3. The van der Waals surface area contributed by atoms with Gasteiger partial charge in [-0.25, -0.2) is 4.79 Å². The normalized spacial score (nSPS) is 11.0. The van der Waals surface area contributed by atoms with Crippen LogP contribution in [0, 0.1) is 0 Å². The lowest BCUT2D eigenvalue weighted by atomic mass is 10.1. The van der Waals surface area contributed by atoms with E-state index in [1.807, 2.05) is 42.6 Å². The van der Waals surface area contributed by atoms with Gasteiger partial charge in [-0.3, -0.25) is 4.79 Å². The van der Waals surface area contributed by atoms with E-state index in [9.17, 15) is 9.59 Å². The number of carbonyl (C=O) groups excluding carboxylic acids is 2. The van der Waals surface area contributed by atoms with Gasteiger partial charge < -0.3 is 15.0 Å². The van der Waals surface area contributed by atoms with Gasteiger partial charge in [0, 0.05) is 28.9 Å². The van der Waals surface area contributed by atoms with Gasteiger partial charge >= 0.3 is 5.97 Å². The number of ether oxygens (including phenoxy) is 1. The van der Waals surface area contributed by atoms with E-state index in [1.54, 1.807) is 25.1 Å². The lowest BCUT2D eigenvalue weighted by Crippen LogP contribution is -2.14. The van der Waals surface area contributed by atoms with E-state index in [1.165, 1.54) is 6.08 Å². The first-order chi connectivity index (χ1) is 12.7. The number of fused-ring (bicyclic) bond motifs is 1. The fraction of sp³-hybridized carbons (Fsp3) is 0.143. The molecule has 5 nitrogen and oxygen atoms in total. The largest absolute Gasteiger partial charge is 0.463 e. The molecule has 0 aliphatic carbocycles. The topological polar surface area (TPSA) is 71.2 Å². The smallest absolute Gasteiger partial charge is 0.330 e. The number of rotatable bonds is 6. The quantitative estimate of drug-likeness (QED) is 0.524. The average molecular weight is 348 g/mol. The molecule has 0 saturated heterocycles. The van der Waals surface area contributed by atoms with Crippen LogP contribution in [0.2, 0.25) is 0 Å². The summed E-state index contributed by atoms with van der Waals surface area (Å²) in [5.74, 6) is -0.451. The molecule has 0 aliphatic rings. The molecule has 0 atom stereocenters. The van der Waals surface area contributed by atoms with Crippen molar-refractivity contribution in [2.45, 2.75) is 13.3 Å². The Balaban J connectivity index is 1.60. The molecule has 5 heteroatoms. The summed E-state index contributed by atoms with van der Waals surface area (Å²) in [5.41, 5.74) is 3.55. The summed E-state index contributed by atoms with van der Waals surface area (Å²) in [4.78, 5) is 26.8. The first kappa shape index (κ1) is 17.5. The van der Waals surface area contributed by atoms with Crippen LogP contribution < -0.4 is 5.32 Å². The maximum atomic E-state index is 12.3. The van der Waals surface area contributed by atoms with Crippen LogP contribution in [0.15, 0.2) is 60.8 Å². The highest BCUT2D eigenvalue weighted by molar-refractivity contribution is 5.96. The number of H-pyrrole nitrogens is 1. The molecular formula is C21H20N2O3. The van der Waals surface area contributed by atoms with Crippen molar-refractivity contribution in [3.8, 4) is 0 Å². The number of hydrogen-bond donors (Lipinski definition) is 2. The van der Waals surface area contributed by atoms with Gasteiger partial charge in [0.05, 0.1) is 13.0 Å². The fourth-order valence-electron chi connectivity index (χ4n) is 2.69. The second-order valence-electron chi connectivity index (χ2n) is 5.79. The second-order valence-corrected chi connectivity index (χ2v) is 5.79. The highest BCUT2D eigenvalue weighted by atomic mass is 16.5. The third-order valence-corrected chi connectivity index (χ3v) is 3.92. The molecule has 0 spiro atoms. The molecule has 0 bridgehead atoms. The van der Waals surface area contributed by atoms with Crippen molar-refractivity contribution >= 4 is 34.5 Å². The Morgan fingerprint density at radius 2 is 1.88 bits per heavy atom. The van der Waals surface area contributed by atoms with Crippen LogP contribution in [-0.4, -0.2) is 23.5 Å². The minimum Gasteiger partial charge on any atom is -0.463 e. The van der Waals surface area contributed by atoms with Crippen LogP contribution in [0.4, 0.5) is 5.69 Å². The molecule has 3 rings (SSSR count). The summed E-state index contributed by atoms with van der Waals surface area (Å²) in [6, 6.07) is 15.2. The van der Waals surface area contributed by atoms with E-state index in [-0.39, 0.29) is 11.9 Å². The first-order valence-corrected chi connectivity index (χ1v) is 8.45. The van der Waals surface area contributed by atoms with Crippen molar-refractivity contribution in [2.24, 2.45) is 0 Å². The van der Waals surface area contributed by atoms with Gasteiger partial charge in [-0.1, -0.05) is 30.3 Å². The van der Waals surface area contributed by atoms with Crippen molar-refractivity contribution < 1.29 is 14.3 Å². The standard InChI is InChI=1S/C21H20N2O3/c1-2-26-21(25)12-9-15-7-10-17(11-8-15)23-20(24)13-16-14-22-19-6-4-3-5-18(16)19/h3-12,14,22H,2,13H2,1H3,(H,23,24). The van der Waals surface area contributed by atoms with E-state index < -0.39 is 0 Å². The minimum absolute atomic E-state index is 0.0791. The van der Waals surface area contributed by atoms with Gasteiger partial charge in [0.15, 0.2) is 0 Å². The Bertz CT molecular complexity index is 939. The Hall–Kier alpha value is -3.34. The van der Waals surface area contributed by atoms with Crippen LogP contribution >= 0.6 is 0 Å². The molecule has 0 unspecified atom stereocenters. The van der Waals surface area contributed by atoms with Crippen molar-refractivity contribution in [3.05, 3.63) is 71.9 Å². The molecule has 1 heterocycles. The lowest BCUT2D eigenvalue weighted by molar-refractivity contribution is -0.137. The summed E-state index contributed by atoms with van der Waals surface area (Å²) >= 11 is 0. The maximum Gasteiger partial charge on any atom is 0.330 e. The number of anilines is 1. The number of carbonyl (C=O) groups is 2. The number of amides is 1. The molecular weight excluding hydrogens is 328 g/mol. The zero-order valence-corrected chi connectivity index (χ0v) is 14.5. The summed E-state index contributed by atoms with van der Waals surface area (Å²) < 4.78 is 4.84. The third-order valence-electron chi connectivity index (χ3n) is 3.92. The zero-order valence-electron chi connectivity index (χ0n) is 14.5. The van der Waals surface area contributed by atoms with E-state index in [2.05, 4.69) is 10.3 Å². The van der Waals surface area contributed by atoms with E-state index >= 15 is 0 Å². The number of aromatic nitrogens is 1. The SMILES string of the molecule is CCOC(=O)C=Cc1ccc(NC(=O)Cc2c[nH]c3ccccc23)cc1. The zero-order chi connectivity index (χ0) is 18.4. The Morgan fingerprint density at radius 1 is 1.12 bits per heavy atom. The number of aromatic amines is 1. The number of esters is 1. The molecule has 132 valence electrons. The highest BCUT2D eigenvalue weighted by Gasteiger charge is 2.08. The van der Waals surface area contributed by atoms with E-state index in [0.29, 0.717) is 18.7 Å². The van der Waals surface area contributed by atoms with Crippen LogP contribution in [-0.2, 0) is 20.7 Å². The van der Waals surface area contributed by atoms with Gasteiger partial charge in [-0.2, -0.15) is 0 Å². The van der Waals surface area contributed by atoms with Crippen LogP contribution in [0.25, 0.3) is 17.0 Å². The maximum absolute atomic E-state index is 12.3. The predicted octanol–water partition coefficient (Wildman–Crippen LogP) is 3.93. The van der Waals surface area contributed by atoms with Crippen LogP contribution in [0.1, 0.15) is 18.1 Å². The monoisotopic (exact) mass is 348 g/mol. The Kier molecular flexibility index (Phi) is 5.49.